The molecule has 0 aliphatic carbocycles. The maximum atomic E-state index is 6.15. The third-order valence-electron chi connectivity index (χ3n) is 2.29. The highest BCUT2D eigenvalue weighted by atomic mass is 32.2. The van der Waals surface area contributed by atoms with Gasteiger partial charge in [-0.3, -0.25) is 4.98 Å². The summed E-state index contributed by atoms with van der Waals surface area (Å²) in [5.41, 5.74) is 7.39. The molecule has 0 aromatic carbocycles. The van der Waals surface area contributed by atoms with Gasteiger partial charge in [-0.25, -0.2) is 0 Å². The molecule has 3 heteroatoms. The van der Waals surface area contributed by atoms with Crippen LogP contribution in [0.3, 0.4) is 0 Å². The molecule has 84 valence electrons. The quantitative estimate of drug-likeness (QED) is 0.835. The van der Waals surface area contributed by atoms with E-state index >= 15 is 0 Å². The van der Waals surface area contributed by atoms with E-state index in [1.165, 1.54) is 5.56 Å². The van der Waals surface area contributed by atoms with E-state index in [-0.39, 0.29) is 6.04 Å². The van der Waals surface area contributed by atoms with Gasteiger partial charge in [-0.1, -0.05) is 26.8 Å². The van der Waals surface area contributed by atoms with Crippen LogP contribution in [0.5, 0.6) is 0 Å². The minimum absolute atomic E-state index is 0.210. The lowest BCUT2D eigenvalue weighted by molar-refractivity contribution is 0.631. The molecule has 2 N–H and O–H groups in total. The molecular weight excluding hydrogens is 204 g/mol. The van der Waals surface area contributed by atoms with Crippen molar-refractivity contribution in [2.45, 2.75) is 43.7 Å². The van der Waals surface area contributed by atoms with Gasteiger partial charge in [0.1, 0.15) is 0 Å². The Bertz CT molecular complexity index is 274. The number of nitrogens with two attached hydrogens (primary N) is 1. The first-order chi connectivity index (χ1) is 7.15. The molecule has 0 saturated heterocycles. The second kappa shape index (κ2) is 6.13. The highest BCUT2D eigenvalue weighted by molar-refractivity contribution is 8.00. The van der Waals surface area contributed by atoms with E-state index in [0.717, 1.165) is 6.42 Å². The zero-order valence-electron chi connectivity index (χ0n) is 9.68. The molecule has 1 aromatic rings. The van der Waals surface area contributed by atoms with Gasteiger partial charge in [0.2, 0.25) is 0 Å². The standard InChI is InChI=1S/C12H20N2S/c1-4-11(13)12(15-9(2)3)10-6-5-7-14-8-10/h5-9,11-12H,4,13H2,1-3H3. The number of hydrogen-bond acceptors (Lipinski definition) is 3. The first-order valence-corrected chi connectivity index (χ1v) is 6.40. The lowest BCUT2D eigenvalue weighted by Gasteiger charge is -2.24. The summed E-state index contributed by atoms with van der Waals surface area (Å²) in [5, 5.41) is 0.955. The molecule has 2 nitrogen and oxygen atoms in total. The van der Waals surface area contributed by atoms with Gasteiger partial charge in [0.05, 0.1) is 0 Å². The van der Waals surface area contributed by atoms with Crippen molar-refractivity contribution >= 4 is 11.8 Å². The van der Waals surface area contributed by atoms with Crippen LogP contribution in [0.1, 0.15) is 38.0 Å². The molecule has 1 heterocycles. The minimum atomic E-state index is 0.210. The Kier molecular flexibility index (Phi) is 5.12. The van der Waals surface area contributed by atoms with Crippen LogP contribution in [0.2, 0.25) is 0 Å². The van der Waals surface area contributed by atoms with Gasteiger partial charge in [-0.2, -0.15) is 0 Å². The Morgan fingerprint density at radius 2 is 2.20 bits per heavy atom. The topological polar surface area (TPSA) is 38.9 Å². The Morgan fingerprint density at radius 3 is 2.67 bits per heavy atom. The largest absolute Gasteiger partial charge is 0.326 e. The first kappa shape index (κ1) is 12.5. The summed E-state index contributed by atoms with van der Waals surface area (Å²) in [7, 11) is 0. The Labute approximate surface area is 96.7 Å². The summed E-state index contributed by atoms with van der Waals surface area (Å²) in [6, 6.07) is 4.30. The van der Waals surface area contributed by atoms with Gasteiger partial charge in [-0.15, -0.1) is 11.8 Å². The van der Waals surface area contributed by atoms with Crippen LogP contribution in [0.4, 0.5) is 0 Å². The van der Waals surface area contributed by atoms with Gasteiger partial charge in [0.15, 0.2) is 0 Å². The third kappa shape index (κ3) is 3.84. The van der Waals surface area contributed by atoms with Crippen molar-refractivity contribution in [2.75, 3.05) is 0 Å². The predicted octanol–water partition coefficient (Wildman–Crippen LogP) is 3.00. The maximum absolute atomic E-state index is 6.15. The molecule has 0 saturated carbocycles. The van der Waals surface area contributed by atoms with Gasteiger partial charge in [-0.05, 0) is 23.3 Å². The molecule has 0 amide bonds. The van der Waals surface area contributed by atoms with Gasteiger partial charge in [0, 0.05) is 23.7 Å². The van der Waals surface area contributed by atoms with Crippen LogP contribution in [0.15, 0.2) is 24.5 Å². The lowest BCUT2D eigenvalue weighted by Crippen LogP contribution is -2.26. The van der Waals surface area contributed by atoms with Crippen LogP contribution >= 0.6 is 11.8 Å². The normalized spacial score (nSPS) is 15.3. The van der Waals surface area contributed by atoms with E-state index in [1.54, 1.807) is 6.20 Å². The second-order valence-corrected chi connectivity index (χ2v) is 5.69. The van der Waals surface area contributed by atoms with E-state index < -0.39 is 0 Å². The predicted molar refractivity (Wildman–Crippen MR) is 68.0 cm³/mol. The van der Waals surface area contributed by atoms with E-state index in [0.29, 0.717) is 10.5 Å². The fourth-order valence-corrected chi connectivity index (χ4v) is 2.76. The summed E-state index contributed by atoms with van der Waals surface area (Å²) < 4.78 is 0. The smallest absolute Gasteiger partial charge is 0.0466 e. The summed E-state index contributed by atoms with van der Waals surface area (Å²) in [6.45, 7) is 6.54. The van der Waals surface area contributed by atoms with Crippen molar-refractivity contribution in [3.8, 4) is 0 Å². The average Bonchev–Trinajstić information content (AvgIpc) is 2.26. The zero-order valence-corrected chi connectivity index (χ0v) is 10.5. The highest BCUT2D eigenvalue weighted by Crippen LogP contribution is 2.34. The van der Waals surface area contributed by atoms with Crippen molar-refractivity contribution in [2.24, 2.45) is 5.73 Å². The number of rotatable bonds is 5. The molecule has 0 fully saturated rings. The third-order valence-corrected chi connectivity index (χ3v) is 3.75. The molecule has 1 rings (SSSR count). The molecule has 15 heavy (non-hydrogen) atoms. The molecule has 0 aliphatic heterocycles. The molecular formula is C12H20N2S. The molecule has 2 unspecified atom stereocenters. The Balaban J connectivity index is 2.81. The van der Waals surface area contributed by atoms with Crippen LogP contribution in [0.25, 0.3) is 0 Å². The molecule has 0 bridgehead atoms. The van der Waals surface area contributed by atoms with Crippen molar-refractivity contribution in [3.05, 3.63) is 30.1 Å². The van der Waals surface area contributed by atoms with Crippen molar-refractivity contribution in [3.63, 3.8) is 0 Å². The number of thioether (sulfide) groups is 1. The van der Waals surface area contributed by atoms with Crippen molar-refractivity contribution in [1.82, 2.24) is 4.98 Å². The summed E-state index contributed by atoms with van der Waals surface area (Å²) in [6.07, 6.45) is 4.73. The van der Waals surface area contributed by atoms with Crippen LogP contribution in [-0.2, 0) is 0 Å². The van der Waals surface area contributed by atoms with Gasteiger partial charge < -0.3 is 5.73 Å². The number of nitrogens with zero attached hydrogens (tertiary/aromatic N) is 1. The van der Waals surface area contributed by atoms with Gasteiger partial charge in [0.25, 0.3) is 0 Å². The minimum Gasteiger partial charge on any atom is -0.326 e. The fraction of sp³-hybridized carbons (Fsp3) is 0.583. The van der Waals surface area contributed by atoms with Crippen LogP contribution < -0.4 is 5.73 Å². The van der Waals surface area contributed by atoms with Crippen molar-refractivity contribution in [1.29, 1.82) is 0 Å². The Morgan fingerprint density at radius 1 is 1.47 bits per heavy atom. The fourth-order valence-electron chi connectivity index (χ4n) is 1.48. The van der Waals surface area contributed by atoms with Crippen LogP contribution in [-0.4, -0.2) is 16.3 Å². The highest BCUT2D eigenvalue weighted by Gasteiger charge is 2.20. The molecule has 0 radical (unpaired) electrons. The van der Waals surface area contributed by atoms with E-state index in [9.17, 15) is 0 Å². The average molecular weight is 224 g/mol. The number of aromatic nitrogens is 1. The van der Waals surface area contributed by atoms with Crippen LogP contribution in [0, 0.1) is 0 Å². The molecule has 2 atom stereocenters. The number of hydrogen-bond donors (Lipinski definition) is 1. The van der Waals surface area contributed by atoms with E-state index in [1.807, 2.05) is 24.0 Å². The summed E-state index contributed by atoms with van der Waals surface area (Å²) in [4.78, 5) is 4.16. The second-order valence-electron chi connectivity index (χ2n) is 3.96. The summed E-state index contributed by atoms with van der Waals surface area (Å²) in [5.74, 6) is 0. The first-order valence-electron chi connectivity index (χ1n) is 5.46. The monoisotopic (exact) mass is 224 g/mol. The molecule has 0 aliphatic rings. The zero-order chi connectivity index (χ0) is 11.3. The lowest BCUT2D eigenvalue weighted by atomic mass is 10.1. The maximum Gasteiger partial charge on any atom is 0.0466 e. The molecule has 0 spiro atoms. The van der Waals surface area contributed by atoms with Gasteiger partial charge >= 0.3 is 0 Å². The van der Waals surface area contributed by atoms with E-state index in [2.05, 4.69) is 31.8 Å². The molecule has 1 aromatic heterocycles. The van der Waals surface area contributed by atoms with Crippen molar-refractivity contribution < 1.29 is 0 Å². The Hall–Kier alpha value is -0.540. The number of pyridine rings is 1. The summed E-state index contributed by atoms with van der Waals surface area (Å²) >= 11 is 1.92. The van der Waals surface area contributed by atoms with E-state index in [4.69, 9.17) is 5.73 Å². The SMILES string of the molecule is CCC(N)C(SC(C)C)c1cccnc1.